The first-order chi connectivity index (χ1) is 14.6. The van der Waals surface area contributed by atoms with Crippen LogP contribution in [0.5, 0.6) is 5.88 Å². The lowest BCUT2D eigenvalue weighted by molar-refractivity contribution is 0.0930. The molecule has 1 aliphatic rings. The molecular weight excluding hydrogens is 408 g/mol. The van der Waals surface area contributed by atoms with Gasteiger partial charge in [0.15, 0.2) is 5.58 Å². The van der Waals surface area contributed by atoms with Gasteiger partial charge in [0, 0.05) is 49.1 Å². The number of amides is 1. The number of hydrogen-bond donors (Lipinski definition) is 1. The standard InChI is InChI=1S/C21H23ClN4O4/c1-28-10-11-29-19-12-14(4-7-23-19)20(27)24-16-5-8-26(9-6-16)21-25-17-13-15(22)2-3-18(17)30-21/h2-4,7,12-13,16H,5-6,8-11H2,1H3,(H,24,27). The van der Waals surface area contributed by atoms with Gasteiger partial charge in [-0.25, -0.2) is 4.98 Å². The lowest BCUT2D eigenvalue weighted by Gasteiger charge is -2.31. The molecule has 1 aliphatic heterocycles. The minimum absolute atomic E-state index is 0.0820. The zero-order valence-corrected chi connectivity index (χ0v) is 17.4. The van der Waals surface area contributed by atoms with Crippen LogP contribution < -0.4 is 15.0 Å². The molecule has 30 heavy (non-hydrogen) atoms. The molecule has 0 radical (unpaired) electrons. The van der Waals surface area contributed by atoms with E-state index in [1.165, 1.54) is 0 Å². The molecule has 0 saturated carbocycles. The zero-order valence-electron chi connectivity index (χ0n) is 16.6. The number of hydrogen-bond acceptors (Lipinski definition) is 7. The van der Waals surface area contributed by atoms with Crippen molar-refractivity contribution in [3.63, 3.8) is 0 Å². The number of carbonyl (C=O) groups excluding carboxylic acids is 1. The first-order valence-electron chi connectivity index (χ1n) is 9.82. The van der Waals surface area contributed by atoms with Crippen LogP contribution in [0.2, 0.25) is 5.02 Å². The summed E-state index contributed by atoms with van der Waals surface area (Å²) in [6.45, 7) is 2.33. The van der Waals surface area contributed by atoms with Gasteiger partial charge in [0.05, 0.1) is 6.61 Å². The van der Waals surface area contributed by atoms with Crippen molar-refractivity contribution in [1.29, 1.82) is 0 Å². The molecule has 0 spiro atoms. The number of aromatic nitrogens is 2. The summed E-state index contributed by atoms with van der Waals surface area (Å²) in [4.78, 5) is 23.4. The normalized spacial score (nSPS) is 14.8. The highest BCUT2D eigenvalue weighted by Gasteiger charge is 2.24. The number of nitrogens with zero attached hydrogens (tertiary/aromatic N) is 3. The zero-order chi connectivity index (χ0) is 20.9. The van der Waals surface area contributed by atoms with E-state index in [4.69, 9.17) is 25.5 Å². The minimum atomic E-state index is -0.135. The van der Waals surface area contributed by atoms with Crippen molar-refractivity contribution < 1.29 is 18.7 Å². The molecule has 0 atom stereocenters. The van der Waals surface area contributed by atoms with E-state index in [9.17, 15) is 4.79 Å². The number of carbonyl (C=O) groups is 1. The van der Waals surface area contributed by atoms with Gasteiger partial charge in [-0.3, -0.25) is 4.79 Å². The summed E-state index contributed by atoms with van der Waals surface area (Å²) in [5, 5.41) is 3.73. The van der Waals surface area contributed by atoms with E-state index in [1.54, 1.807) is 37.6 Å². The molecule has 1 aromatic carbocycles. The van der Waals surface area contributed by atoms with Gasteiger partial charge >= 0.3 is 0 Å². The minimum Gasteiger partial charge on any atom is -0.475 e. The molecule has 1 saturated heterocycles. The van der Waals surface area contributed by atoms with Crippen LogP contribution in [-0.4, -0.2) is 55.3 Å². The van der Waals surface area contributed by atoms with Gasteiger partial charge in [-0.2, -0.15) is 4.98 Å². The van der Waals surface area contributed by atoms with E-state index in [2.05, 4.69) is 20.2 Å². The first-order valence-corrected chi connectivity index (χ1v) is 10.2. The van der Waals surface area contributed by atoms with Crippen molar-refractivity contribution in [3.05, 3.63) is 47.1 Å². The van der Waals surface area contributed by atoms with Crippen molar-refractivity contribution in [2.24, 2.45) is 0 Å². The predicted octanol–water partition coefficient (Wildman–Crippen LogP) is 3.30. The Bertz CT molecular complexity index is 1020. The molecule has 2 aromatic heterocycles. The molecule has 3 heterocycles. The van der Waals surface area contributed by atoms with Crippen LogP contribution in [0, 0.1) is 0 Å². The van der Waals surface area contributed by atoms with Crippen LogP contribution in [0.3, 0.4) is 0 Å². The fourth-order valence-corrected chi connectivity index (χ4v) is 3.53. The fourth-order valence-electron chi connectivity index (χ4n) is 3.37. The molecular formula is C21H23ClN4O4. The maximum absolute atomic E-state index is 12.6. The van der Waals surface area contributed by atoms with Crippen molar-refractivity contribution in [2.75, 3.05) is 38.3 Å². The van der Waals surface area contributed by atoms with Crippen LogP contribution in [0.25, 0.3) is 11.1 Å². The number of halogens is 1. The molecule has 0 unspecified atom stereocenters. The summed E-state index contributed by atoms with van der Waals surface area (Å²) in [6, 6.07) is 9.39. The van der Waals surface area contributed by atoms with Crippen molar-refractivity contribution >= 4 is 34.6 Å². The summed E-state index contributed by atoms with van der Waals surface area (Å²) >= 11 is 6.02. The average Bonchev–Trinajstić information content (AvgIpc) is 3.18. The monoisotopic (exact) mass is 430 g/mol. The Morgan fingerprint density at radius 1 is 1.27 bits per heavy atom. The number of pyridine rings is 1. The second-order valence-corrected chi connectivity index (χ2v) is 7.50. The van der Waals surface area contributed by atoms with Gasteiger partial charge in [-0.05, 0) is 37.1 Å². The third-order valence-corrected chi connectivity index (χ3v) is 5.21. The number of methoxy groups -OCH3 is 1. The Morgan fingerprint density at radius 3 is 2.90 bits per heavy atom. The smallest absolute Gasteiger partial charge is 0.298 e. The highest BCUT2D eigenvalue weighted by molar-refractivity contribution is 6.31. The number of ether oxygens (including phenoxy) is 2. The van der Waals surface area contributed by atoms with Crippen LogP contribution in [0.1, 0.15) is 23.2 Å². The highest BCUT2D eigenvalue weighted by Crippen LogP contribution is 2.26. The highest BCUT2D eigenvalue weighted by atomic mass is 35.5. The summed E-state index contributed by atoms with van der Waals surface area (Å²) in [5.74, 6) is 0.273. The summed E-state index contributed by atoms with van der Waals surface area (Å²) in [5.41, 5.74) is 1.98. The van der Waals surface area contributed by atoms with Gasteiger partial charge in [-0.1, -0.05) is 11.6 Å². The molecule has 1 fully saturated rings. The van der Waals surface area contributed by atoms with Gasteiger partial charge in [-0.15, -0.1) is 0 Å². The topological polar surface area (TPSA) is 89.7 Å². The number of piperidine rings is 1. The molecule has 1 N–H and O–H groups in total. The average molecular weight is 431 g/mol. The molecule has 9 heteroatoms. The predicted molar refractivity (Wildman–Crippen MR) is 113 cm³/mol. The third-order valence-electron chi connectivity index (χ3n) is 4.97. The van der Waals surface area contributed by atoms with E-state index >= 15 is 0 Å². The summed E-state index contributed by atoms with van der Waals surface area (Å²) < 4.78 is 16.3. The number of anilines is 1. The SMILES string of the molecule is COCCOc1cc(C(=O)NC2CCN(c3nc4cc(Cl)ccc4o3)CC2)ccn1. The van der Waals surface area contributed by atoms with Gasteiger partial charge < -0.3 is 24.1 Å². The lowest BCUT2D eigenvalue weighted by Crippen LogP contribution is -2.44. The fraction of sp³-hybridized carbons (Fsp3) is 0.381. The molecule has 1 amide bonds. The van der Waals surface area contributed by atoms with E-state index in [0.29, 0.717) is 41.3 Å². The third kappa shape index (κ3) is 4.83. The molecule has 3 aromatic rings. The molecule has 0 aliphatic carbocycles. The van der Waals surface area contributed by atoms with Gasteiger partial charge in [0.2, 0.25) is 5.88 Å². The van der Waals surface area contributed by atoms with E-state index in [0.717, 1.165) is 31.4 Å². The largest absolute Gasteiger partial charge is 0.475 e. The first kappa shape index (κ1) is 20.4. The maximum Gasteiger partial charge on any atom is 0.298 e. The summed E-state index contributed by atoms with van der Waals surface area (Å²) in [6.07, 6.45) is 3.17. The van der Waals surface area contributed by atoms with E-state index in [-0.39, 0.29) is 11.9 Å². The Hall–Kier alpha value is -2.84. The Morgan fingerprint density at radius 2 is 2.10 bits per heavy atom. The van der Waals surface area contributed by atoms with Crippen molar-refractivity contribution in [3.8, 4) is 5.88 Å². The molecule has 4 rings (SSSR count). The maximum atomic E-state index is 12.6. The van der Waals surface area contributed by atoms with Gasteiger partial charge in [0.25, 0.3) is 11.9 Å². The molecule has 158 valence electrons. The second-order valence-electron chi connectivity index (χ2n) is 7.07. The van der Waals surface area contributed by atoms with Crippen LogP contribution in [0.15, 0.2) is 40.9 Å². The Labute approximate surface area is 179 Å². The van der Waals surface area contributed by atoms with Crippen molar-refractivity contribution in [2.45, 2.75) is 18.9 Å². The summed E-state index contributed by atoms with van der Waals surface area (Å²) in [7, 11) is 1.60. The number of nitrogens with one attached hydrogen (secondary N) is 1. The van der Waals surface area contributed by atoms with Crippen molar-refractivity contribution in [1.82, 2.24) is 15.3 Å². The lowest BCUT2D eigenvalue weighted by atomic mass is 10.0. The van der Waals surface area contributed by atoms with E-state index in [1.807, 2.05) is 6.07 Å². The number of rotatable bonds is 7. The second kappa shape index (κ2) is 9.32. The quantitative estimate of drug-likeness (QED) is 0.575. The van der Waals surface area contributed by atoms with E-state index < -0.39 is 0 Å². The number of oxazole rings is 1. The number of fused-ring (bicyclic) bond motifs is 1. The van der Waals surface area contributed by atoms with Gasteiger partial charge in [0.1, 0.15) is 12.1 Å². The number of benzene rings is 1. The molecule has 8 nitrogen and oxygen atoms in total. The Kier molecular flexibility index (Phi) is 6.35. The van der Waals surface area contributed by atoms with Crippen LogP contribution >= 0.6 is 11.6 Å². The van der Waals surface area contributed by atoms with Crippen LogP contribution in [-0.2, 0) is 4.74 Å². The molecule has 0 bridgehead atoms. The van der Waals surface area contributed by atoms with Crippen LogP contribution in [0.4, 0.5) is 6.01 Å². The Balaban J connectivity index is 1.32.